The number of carbonyl (C=O) groups is 1. The molecule has 2 amide bonds. The molecule has 106 valence electrons. The molecule has 0 fully saturated rings. The first-order valence-corrected chi connectivity index (χ1v) is 6.78. The van der Waals surface area contributed by atoms with Gasteiger partial charge in [-0.2, -0.15) is 0 Å². The first-order chi connectivity index (χ1) is 8.95. The van der Waals surface area contributed by atoms with Crippen LogP contribution in [0.3, 0.4) is 0 Å². The monoisotopic (exact) mass is 266 g/mol. The standard InChI is InChI=1S/C15H23FN2O/c1-4-5-6-10-17-14(19)18-15(2,3)12-8-7-9-13(16)11-12/h7-9,11H,4-6,10H2,1-3H3,(H2,17,18,19). The van der Waals surface area contributed by atoms with Crippen LogP contribution in [0.4, 0.5) is 9.18 Å². The van der Waals surface area contributed by atoms with E-state index in [9.17, 15) is 9.18 Å². The van der Waals surface area contributed by atoms with Gasteiger partial charge >= 0.3 is 6.03 Å². The van der Waals surface area contributed by atoms with Gasteiger partial charge in [-0.25, -0.2) is 9.18 Å². The quantitative estimate of drug-likeness (QED) is 0.760. The van der Waals surface area contributed by atoms with Gasteiger partial charge in [0.1, 0.15) is 5.82 Å². The summed E-state index contributed by atoms with van der Waals surface area (Å²) in [7, 11) is 0. The molecule has 0 radical (unpaired) electrons. The fourth-order valence-electron chi connectivity index (χ4n) is 1.85. The zero-order chi connectivity index (χ0) is 14.3. The summed E-state index contributed by atoms with van der Waals surface area (Å²) in [4.78, 5) is 11.8. The third kappa shape index (κ3) is 5.28. The molecule has 0 aromatic heterocycles. The Morgan fingerprint density at radius 1 is 1.32 bits per heavy atom. The minimum Gasteiger partial charge on any atom is -0.338 e. The van der Waals surface area contributed by atoms with Gasteiger partial charge in [0.2, 0.25) is 0 Å². The summed E-state index contributed by atoms with van der Waals surface area (Å²) in [5.74, 6) is -0.296. The summed E-state index contributed by atoms with van der Waals surface area (Å²) >= 11 is 0. The molecule has 0 bridgehead atoms. The average Bonchev–Trinajstić information content (AvgIpc) is 2.34. The minimum atomic E-state index is -0.600. The number of nitrogens with one attached hydrogen (secondary N) is 2. The molecule has 0 heterocycles. The number of hydrogen-bond donors (Lipinski definition) is 2. The van der Waals surface area contributed by atoms with Crippen molar-refractivity contribution in [1.82, 2.24) is 10.6 Å². The molecule has 0 aliphatic heterocycles. The Kier molecular flexibility index (Phi) is 5.80. The fourth-order valence-corrected chi connectivity index (χ4v) is 1.85. The molecule has 4 heteroatoms. The van der Waals surface area contributed by atoms with Crippen molar-refractivity contribution >= 4 is 6.03 Å². The molecule has 0 saturated heterocycles. The lowest BCUT2D eigenvalue weighted by atomic mass is 9.94. The van der Waals surface area contributed by atoms with Gasteiger partial charge in [0.25, 0.3) is 0 Å². The Hall–Kier alpha value is -1.58. The SMILES string of the molecule is CCCCCNC(=O)NC(C)(C)c1cccc(F)c1. The zero-order valence-electron chi connectivity index (χ0n) is 11.9. The number of rotatable bonds is 6. The number of hydrogen-bond acceptors (Lipinski definition) is 1. The third-order valence-corrected chi connectivity index (χ3v) is 3.04. The minimum absolute atomic E-state index is 0.217. The number of halogens is 1. The number of amides is 2. The Morgan fingerprint density at radius 2 is 2.05 bits per heavy atom. The second-order valence-electron chi connectivity index (χ2n) is 5.22. The molecule has 0 saturated carbocycles. The van der Waals surface area contributed by atoms with Gasteiger partial charge in [-0.15, -0.1) is 0 Å². The highest BCUT2D eigenvalue weighted by Crippen LogP contribution is 2.20. The smallest absolute Gasteiger partial charge is 0.315 e. The van der Waals surface area contributed by atoms with Crippen molar-refractivity contribution in [3.63, 3.8) is 0 Å². The van der Waals surface area contributed by atoms with E-state index in [1.807, 2.05) is 13.8 Å². The van der Waals surface area contributed by atoms with E-state index in [-0.39, 0.29) is 11.8 Å². The van der Waals surface area contributed by atoms with Crippen molar-refractivity contribution in [2.24, 2.45) is 0 Å². The van der Waals surface area contributed by atoms with Crippen LogP contribution in [0.15, 0.2) is 24.3 Å². The number of benzene rings is 1. The Labute approximate surface area is 114 Å². The molecule has 19 heavy (non-hydrogen) atoms. The fraction of sp³-hybridized carbons (Fsp3) is 0.533. The molecule has 0 aliphatic rings. The lowest BCUT2D eigenvalue weighted by Gasteiger charge is -2.27. The van der Waals surface area contributed by atoms with E-state index in [1.165, 1.54) is 12.1 Å². The molecule has 0 spiro atoms. The van der Waals surface area contributed by atoms with Crippen LogP contribution in [0.2, 0.25) is 0 Å². The lowest BCUT2D eigenvalue weighted by molar-refractivity contribution is 0.229. The molecular weight excluding hydrogens is 243 g/mol. The highest BCUT2D eigenvalue weighted by molar-refractivity contribution is 5.74. The van der Waals surface area contributed by atoms with Crippen molar-refractivity contribution in [2.45, 2.75) is 45.6 Å². The van der Waals surface area contributed by atoms with Gasteiger partial charge in [-0.3, -0.25) is 0 Å². The summed E-state index contributed by atoms with van der Waals surface area (Å²) in [5, 5.41) is 5.67. The number of unbranched alkanes of at least 4 members (excludes halogenated alkanes) is 2. The van der Waals surface area contributed by atoms with Gasteiger partial charge in [0.05, 0.1) is 5.54 Å². The maximum absolute atomic E-state index is 13.2. The van der Waals surface area contributed by atoms with Gasteiger partial charge in [-0.05, 0) is 38.0 Å². The molecule has 1 rings (SSSR count). The van der Waals surface area contributed by atoms with Crippen LogP contribution in [-0.2, 0) is 5.54 Å². The third-order valence-electron chi connectivity index (χ3n) is 3.04. The molecular formula is C15H23FN2O. The van der Waals surface area contributed by atoms with Crippen molar-refractivity contribution in [3.05, 3.63) is 35.6 Å². The largest absolute Gasteiger partial charge is 0.338 e. The summed E-state index contributed by atoms with van der Waals surface area (Å²) < 4.78 is 13.2. The van der Waals surface area contributed by atoms with E-state index in [2.05, 4.69) is 17.6 Å². The maximum atomic E-state index is 13.2. The van der Waals surface area contributed by atoms with Crippen LogP contribution < -0.4 is 10.6 Å². The summed E-state index contributed by atoms with van der Waals surface area (Å²) in [5.41, 5.74) is 0.146. The molecule has 1 aromatic rings. The predicted molar refractivity (Wildman–Crippen MR) is 75.5 cm³/mol. The first-order valence-electron chi connectivity index (χ1n) is 6.78. The van der Waals surface area contributed by atoms with Crippen LogP contribution in [0.5, 0.6) is 0 Å². The van der Waals surface area contributed by atoms with Gasteiger partial charge in [0, 0.05) is 6.54 Å². The summed E-state index contributed by atoms with van der Waals surface area (Å²) in [6, 6.07) is 6.07. The molecule has 3 nitrogen and oxygen atoms in total. The molecule has 0 atom stereocenters. The van der Waals surface area contributed by atoms with Crippen molar-refractivity contribution < 1.29 is 9.18 Å². The van der Waals surface area contributed by atoms with E-state index >= 15 is 0 Å². The van der Waals surface area contributed by atoms with Crippen molar-refractivity contribution in [2.75, 3.05) is 6.54 Å². The van der Waals surface area contributed by atoms with E-state index in [0.29, 0.717) is 6.54 Å². The lowest BCUT2D eigenvalue weighted by Crippen LogP contribution is -2.46. The van der Waals surface area contributed by atoms with Gasteiger partial charge in [0.15, 0.2) is 0 Å². The Morgan fingerprint density at radius 3 is 2.68 bits per heavy atom. The first kappa shape index (κ1) is 15.5. The van der Waals surface area contributed by atoms with Crippen LogP contribution in [0.25, 0.3) is 0 Å². The second kappa shape index (κ2) is 7.12. The molecule has 0 unspecified atom stereocenters. The van der Waals surface area contributed by atoms with Crippen LogP contribution in [0.1, 0.15) is 45.6 Å². The highest BCUT2D eigenvalue weighted by Gasteiger charge is 2.22. The van der Waals surface area contributed by atoms with E-state index in [4.69, 9.17) is 0 Å². The molecule has 2 N–H and O–H groups in total. The topological polar surface area (TPSA) is 41.1 Å². The summed E-state index contributed by atoms with van der Waals surface area (Å²) in [6.07, 6.45) is 3.20. The van der Waals surface area contributed by atoms with Gasteiger partial charge in [-0.1, -0.05) is 31.9 Å². The Balaban J connectivity index is 2.52. The molecule has 0 aliphatic carbocycles. The predicted octanol–water partition coefficient (Wildman–Crippen LogP) is 3.55. The van der Waals surface area contributed by atoms with E-state index in [1.54, 1.807) is 12.1 Å². The van der Waals surface area contributed by atoms with E-state index in [0.717, 1.165) is 24.8 Å². The summed E-state index contributed by atoms with van der Waals surface area (Å²) in [6.45, 7) is 6.49. The van der Waals surface area contributed by atoms with Gasteiger partial charge < -0.3 is 10.6 Å². The van der Waals surface area contributed by atoms with Crippen LogP contribution in [-0.4, -0.2) is 12.6 Å². The second-order valence-corrected chi connectivity index (χ2v) is 5.22. The van der Waals surface area contributed by atoms with Crippen LogP contribution >= 0.6 is 0 Å². The van der Waals surface area contributed by atoms with E-state index < -0.39 is 5.54 Å². The average molecular weight is 266 g/mol. The molecule has 1 aromatic carbocycles. The Bertz CT molecular complexity index is 418. The number of urea groups is 1. The number of carbonyl (C=O) groups excluding carboxylic acids is 1. The van der Waals surface area contributed by atoms with Crippen LogP contribution in [0, 0.1) is 5.82 Å². The van der Waals surface area contributed by atoms with Crippen molar-refractivity contribution in [3.8, 4) is 0 Å². The normalized spacial score (nSPS) is 11.2. The zero-order valence-corrected chi connectivity index (χ0v) is 11.9. The maximum Gasteiger partial charge on any atom is 0.315 e. The van der Waals surface area contributed by atoms with Crippen molar-refractivity contribution in [1.29, 1.82) is 0 Å². The highest BCUT2D eigenvalue weighted by atomic mass is 19.1.